The van der Waals surface area contributed by atoms with Gasteiger partial charge in [-0.3, -0.25) is 4.79 Å². The maximum Gasteiger partial charge on any atom is 0.244 e. The van der Waals surface area contributed by atoms with Crippen LogP contribution in [0.3, 0.4) is 0 Å². The first kappa shape index (κ1) is 17.7. The third-order valence-corrected chi connectivity index (χ3v) is 3.26. The van der Waals surface area contributed by atoms with Gasteiger partial charge in [0.2, 0.25) is 5.91 Å². The van der Waals surface area contributed by atoms with Crippen LogP contribution >= 0.6 is 0 Å². The molecule has 1 aromatic carbocycles. The monoisotopic (exact) mass is 329 g/mol. The van der Waals surface area contributed by atoms with Gasteiger partial charge in [0.05, 0.1) is 19.5 Å². The molecule has 0 saturated carbocycles. The summed E-state index contributed by atoms with van der Waals surface area (Å²) in [5, 5.41) is 2.85. The molecule has 1 aromatic heterocycles. The van der Waals surface area contributed by atoms with Crippen LogP contribution in [0.25, 0.3) is 6.08 Å². The Labute approximate surface area is 142 Å². The molecule has 0 spiro atoms. The average Bonchev–Trinajstić information content (AvgIpc) is 3.09. The van der Waals surface area contributed by atoms with E-state index in [1.807, 2.05) is 32.0 Å². The Morgan fingerprint density at radius 3 is 2.67 bits per heavy atom. The van der Waals surface area contributed by atoms with Gasteiger partial charge in [0.15, 0.2) is 11.5 Å². The van der Waals surface area contributed by atoms with Crippen molar-refractivity contribution >= 4 is 12.0 Å². The second-order valence-corrected chi connectivity index (χ2v) is 5.04. The highest BCUT2D eigenvalue weighted by Crippen LogP contribution is 2.28. The van der Waals surface area contributed by atoms with Gasteiger partial charge in [0, 0.05) is 12.6 Å². The number of furan rings is 1. The minimum atomic E-state index is -0.151. The van der Waals surface area contributed by atoms with E-state index in [9.17, 15) is 4.79 Å². The first-order valence-corrected chi connectivity index (χ1v) is 8.10. The van der Waals surface area contributed by atoms with E-state index in [2.05, 4.69) is 5.32 Å². The fraction of sp³-hybridized carbons (Fsp3) is 0.316. The lowest BCUT2D eigenvalue weighted by atomic mass is 10.1. The van der Waals surface area contributed by atoms with Crippen molar-refractivity contribution in [2.45, 2.75) is 20.3 Å². The lowest BCUT2D eigenvalue weighted by Crippen LogP contribution is -2.23. The first-order valence-electron chi connectivity index (χ1n) is 8.10. The van der Waals surface area contributed by atoms with Crippen molar-refractivity contribution in [3.63, 3.8) is 0 Å². The molecule has 0 atom stereocenters. The van der Waals surface area contributed by atoms with Gasteiger partial charge in [-0.1, -0.05) is 6.07 Å². The Hall–Kier alpha value is -2.69. The standard InChI is InChI=1S/C19H23NO4/c1-3-22-17-9-7-15(14-18(17)23-4-2)11-12-20-19(21)10-8-16-6-5-13-24-16/h5-10,13-14H,3-4,11-12H2,1-2H3,(H,20,21). The van der Waals surface area contributed by atoms with E-state index in [0.717, 1.165) is 17.1 Å². The van der Waals surface area contributed by atoms with E-state index < -0.39 is 0 Å². The van der Waals surface area contributed by atoms with Crippen LogP contribution in [0, 0.1) is 0 Å². The predicted molar refractivity (Wildman–Crippen MR) is 93.2 cm³/mol. The third-order valence-electron chi connectivity index (χ3n) is 3.26. The van der Waals surface area contributed by atoms with Crippen molar-refractivity contribution in [2.75, 3.05) is 19.8 Å². The highest BCUT2D eigenvalue weighted by Gasteiger charge is 2.06. The van der Waals surface area contributed by atoms with Crippen LogP contribution in [0.2, 0.25) is 0 Å². The van der Waals surface area contributed by atoms with Crippen molar-refractivity contribution in [3.8, 4) is 11.5 Å². The molecule has 2 rings (SSSR count). The van der Waals surface area contributed by atoms with Gasteiger partial charge in [-0.15, -0.1) is 0 Å². The number of nitrogens with one attached hydrogen (secondary N) is 1. The zero-order valence-electron chi connectivity index (χ0n) is 14.1. The van der Waals surface area contributed by atoms with Crippen molar-refractivity contribution < 1.29 is 18.7 Å². The van der Waals surface area contributed by atoms with Gasteiger partial charge in [-0.25, -0.2) is 0 Å². The number of carbonyl (C=O) groups excluding carboxylic acids is 1. The molecule has 0 unspecified atom stereocenters. The SMILES string of the molecule is CCOc1ccc(CCNC(=O)C=Cc2ccco2)cc1OCC. The van der Waals surface area contributed by atoms with Gasteiger partial charge in [0.25, 0.3) is 0 Å². The molecule has 0 aliphatic carbocycles. The Bertz CT molecular complexity index is 662. The quantitative estimate of drug-likeness (QED) is 0.716. The molecule has 2 aromatic rings. The highest BCUT2D eigenvalue weighted by molar-refractivity contribution is 5.91. The summed E-state index contributed by atoms with van der Waals surface area (Å²) in [6.07, 6.45) is 5.38. The molecule has 0 saturated heterocycles. The van der Waals surface area contributed by atoms with Crippen molar-refractivity contribution in [2.24, 2.45) is 0 Å². The number of ether oxygens (including phenoxy) is 2. The molecule has 0 fully saturated rings. The van der Waals surface area contributed by atoms with Gasteiger partial charge < -0.3 is 19.2 Å². The van der Waals surface area contributed by atoms with E-state index in [1.165, 1.54) is 6.08 Å². The molecule has 5 heteroatoms. The van der Waals surface area contributed by atoms with Crippen LogP contribution in [0.15, 0.2) is 47.1 Å². The Balaban J connectivity index is 1.85. The van der Waals surface area contributed by atoms with Crippen LogP contribution in [-0.2, 0) is 11.2 Å². The molecule has 1 heterocycles. The van der Waals surface area contributed by atoms with E-state index in [0.29, 0.717) is 31.9 Å². The highest BCUT2D eigenvalue weighted by atomic mass is 16.5. The Morgan fingerprint density at radius 1 is 1.17 bits per heavy atom. The third kappa shape index (κ3) is 5.50. The zero-order chi connectivity index (χ0) is 17.2. The lowest BCUT2D eigenvalue weighted by Gasteiger charge is -2.12. The summed E-state index contributed by atoms with van der Waals surface area (Å²) in [7, 11) is 0. The molecule has 1 amide bonds. The Morgan fingerprint density at radius 2 is 1.96 bits per heavy atom. The summed E-state index contributed by atoms with van der Waals surface area (Å²) in [4.78, 5) is 11.8. The summed E-state index contributed by atoms with van der Waals surface area (Å²) in [6.45, 7) is 5.60. The van der Waals surface area contributed by atoms with E-state index in [4.69, 9.17) is 13.9 Å². The number of benzene rings is 1. The number of rotatable bonds is 9. The summed E-state index contributed by atoms with van der Waals surface area (Å²) in [5.41, 5.74) is 1.08. The molecule has 0 bridgehead atoms. The molecule has 0 aliphatic heterocycles. The molecular weight excluding hydrogens is 306 g/mol. The molecule has 128 valence electrons. The van der Waals surface area contributed by atoms with Crippen molar-refractivity contribution in [1.29, 1.82) is 0 Å². The van der Waals surface area contributed by atoms with Crippen molar-refractivity contribution in [1.82, 2.24) is 5.32 Å². The zero-order valence-corrected chi connectivity index (χ0v) is 14.1. The van der Waals surface area contributed by atoms with Gasteiger partial charge in [-0.2, -0.15) is 0 Å². The number of hydrogen-bond donors (Lipinski definition) is 1. The number of amides is 1. The summed E-state index contributed by atoms with van der Waals surface area (Å²) in [5.74, 6) is 1.98. The van der Waals surface area contributed by atoms with Crippen LogP contribution in [-0.4, -0.2) is 25.7 Å². The lowest BCUT2D eigenvalue weighted by molar-refractivity contribution is -0.116. The van der Waals surface area contributed by atoms with E-state index in [1.54, 1.807) is 24.5 Å². The second kappa shape index (κ2) is 9.45. The maximum absolute atomic E-state index is 11.8. The normalized spacial score (nSPS) is 10.8. The topological polar surface area (TPSA) is 60.7 Å². The van der Waals surface area contributed by atoms with Crippen LogP contribution in [0.4, 0.5) is 0 Å². The van der Waals surface area contributed by atoms with Gasteiger partial charge in [-0.05, 0) is 56.2 Å². The molecule has 0 radical (unpaired) electrons. The molecular formula is C19H23NO4. The number of carbonyl (C=O) groups is 1. The number of hydrogen-bond acceptors (Lipinski definition) is 4. The van der Waals surface area contributed by atoms with Crippen LogP contribution in [0.1, 0.15) is 25.2 Å². The largest absolute Gasteiger partial charge is 0.490 e. The maximum atomic E-state index is 11.8. The predicted octanol–water partition coefficient (Wildman–Crippen LogP) is 3.45. The van der Waals surface area contributed by atoms with E-state index in [-0.39, 0.29) is 5.91 Å². The summed E-state index contributed by atoms with van der Waals surface area (Å²) in [6, 6.07) is 9.42. The molecule has 24 heavy (non-hydrogen) atoms. The van der Waals surface area contributed by atoms with E-state index >= 15 is 0 Å². The fourth-order valence-corrected chi connectivity index (χ4v) is 2.18. The Kier molecular flexibility index (Phi) is 6.95. The minimum Gasteiger partial charge on any atom is -0.490 e. The summed E-state index contributed by atoms with van der Waals surface area (Å²) < 4.78 is 16.3. The van der Waals surface area contributed by atoms with Crippen LogP contribution < -0.4 is 14.8 Å². The van der Waals surface area contributed by atoms with Gasteiger partial charge in [0.1, 0.15) is 5.76 Å². The smallest absolute Gasteiger partial charge is 0.244 e. The average molecular weight is 329 g/mol. The molecule has 0 aliphatic rings. The van der Waals surface area contributed by atoms with Crippen LogP contribution in [0.5, 0.6) is 11.5 Å². The first-order chi connectivity index (χ1) is 11.7. The molecule has 5 nitrogen and oxygen atoms in total. The molecule has 1 N–H and O–H groups in total. The summed E-state index contributed by atoms with van der Waals surface area (Å²) >= 11 is 0. The second-order valence-electron chi connectivity index (χ2n) is 5.04. The van der Waals surface area contributed by atoms with Crippen molar-refractivity contribution in [3.05, 3.63) is 54.0 Å². The fourth-order valence-electron chi connectivity index (χ4n) is 2.18. The minimum absolute atomic E-state index is 0.151. The van der Waals surface area contributed by atoms with Gasteiger partial charge >= 0.3 is 0 Å².